The van der Waals surface area contributed by atoms with Crippen molar-refractivity contribution in [1.29, 1.82) is 0 Å². The molecular weight excluding hydrogens is 331 g/mol. The van der Waals surface area contributed by atoms with Crippen molar-refractivity contribution in [2.75, 3.05) is 5.33 Å². The topological polar surface area (TPSA) is 0 Å². The van der Waals surface area contributed by atoms with Crippen molar-refractivity contribution in [2.24, 2.45) is 0 Å². The van der Waals surface area contributed by atoms with Gasteiger partial charge in [-0.3, -0.25) is 0 Å². The minimum absolute atomic E-state index is 0.375. The van der Waals surface area contributed by atoms with Crippen LogP contribution in [0.2, 0.25) is 10.0 Å². The van der Waals surface area contributed by atoms with Crippen molar-refractivity contribution in [3.05, 3.63) is 69.7 Å². The van der Waals surface area contributed by atoms with Gasteiger partial charge in [-0.15, -0.1) is 0 Å². The second-order valence-corrected chi connectivity index (χ2v) is 5.69. The fourth-order valence-corrected chi connectivity index (χ4v) is 2.95. The summed E-state index contributed by atoms with van der Waals surface area (Å²) in [5.74, 6) is 0.375. The molecule has 0 aliphatic carbocycles. The highest BCUT2D eigenvalue weighted by atomic mass is 79.9. The minimum Gasteiger partial charge on any atom is -0.0921 e. The third-order valence-electron chi connectivity index (χ3n) is 2.93. The van der Waals surface area contributed by atoms with Gasteiger partial charge in [-0.2, -0.15) is 0 Å². The maximum absolute atomic E-state index is 6.25. The molecule has 0 radical (unpaired) electrons. The molecular formula is C15H13BrCl2. The zero-order valence-corrected chi connectivity index (χ0v) is 12.8. The van der Waals surface area contributed by atoms with Crippen molar-refractivity contribution < 1.29 is 0 Å². The van der Waals surface area contributed by atoms with Crippen LogP contribution in [0.25, 0.3) is 0 Å². The van der Waals surface area contributed by atoms with E-state index in [9.17, 15) is 0 Å². The van der Waals surface area contributed by atoms with Crippen LogP contribution in [-0.2, 0) is 6.42 Å². The molecule has 0 fully saturated rings. The highest BCUT2D eigenvalue weighted by Crippen LogP contribution is 2.29. The normalized spacial score (nSPS) is 12.4. The third kappa shape index (κ3) is 3.50. The zero-order valence-electron chi connectivity index (χ0n) is 9.74. The second-order valence-electron chi connectivity index (χ2n) is 4.20. The molecule has 2 aromatic rings. The molecule has 0 bridgehead atoms. The van der Waals surface area contributed by atoms with E-state index in [-0.39, 0.29) is 0 Å². The monoisotopic (exact) mass is 342 g/mol. The van der Waals surface area contributed by atoms with Crippen LogP contribution < -0.4 is 0 Å². The van der Waals surface area contributed by atoms with Gasteiger partial charge >= 0.3 is 0 Å². The lowest BCUT2D eigenvalue weighted by molar-refractivity contribution is 0.776. The van der Waals surface area contributed by atoms with Gasteiger partial charge in [0.15, 0.2) is 0 Å². The Morgan fingerprint density at radius 2 is 1.61 bits per heavy atom. The van der Waals surface area contributed by atoms with E-state index in [0.29, 0.717) is 5.92 Å². The maximum atomic E-state index is 6.25. The average Bonchev–Trinajstić information content (AvgIpc) is 2.39. The van der Waals surface area contributed by atoms with Gasteiger partial charge < -0.3 is 0 Å². The predicted octanol–water partition coefficient (Wildman–Crippen LogP) is 5.71. The SMILES string of the molecule is Clc1ccc(CC(CBr)c2ccccc2Cl)cc1. The molecule has 94 valence electrons. The van der Waals surface area contributed by atoms with E-state index in [2.05, 4.69) is 34.1 Å². The summed E-state index contributed by atoms with van der Waals surface area (Å²) in [6.45, 7) is 0. The van der Waals surface area contributed by atoms with E-state index in [0.717, 1.165) is 21.8 Å². The highest BCUT2D eigenvalue weighted by Gasteiger charge is 2.13. The molecule has 0 aliphatic heterocycles. The van der Waals surface area contributed by atoms with Crippen LogP contribution in [0.4, 0.5) is 0 Å². The van der Waals surface area contributed by atoms with Crippen LogP contribution in [-0.4, -0.2) is 5.33 Å². The second kappa shape index (κ2) is 6.60. The lowest BCUT2D eigenvalue weighted by Crippen LogP contribution is -2.05. The van der Waals surface area contributed by atoms with Crippen molar-refractivity contribution in [3.8, 4) is 0 Å². The summed E-state index contributed by atoms with van der Waals surface area (Å²) in [4.78, 5) is 0. The predicted molar refractivity (Wildman–Crippen MR) is 83.1 cm³/mol. The number of halogens is 3. The first-order chi connectivity index (χ1) is 8.70. The lowest BCUT2D eigenvalue weighted by Gasteiger charge is -2.16. The Morgan fingerprint density at radius 1 is 0.944 bits per heavy atom. The molecule has 0 saturated carbocycles. The average molecular weight is 344 g/mol. The first kappa shape index (κ1) is 13.9. The summed E-state index contributed by atoms with van der Waals surface area (Å²) in [5, 5.41) is 2.49. The standard InChI is InChI=1S/C15H13BrCl2/c16-10-12(14-3-1-2-4-15(14)18)9-11-5-7-13(17)8-6-11/h1-8,12H,9-10H2. The van der Waals surface area contributed by atoms with E-state index in [1.54, 1.807) is 0 Å². The molecule has 3 heteroatoms. The van der Waals surface area contributed by atoms with Gasteiger partial charge in [-0.1, -0.05) is 69.5 Å². The molecule has 2 aromatic carbocycles. The Morgan fingerprint density at radius 3 is 2.22 bits per heavy atom. The molecule has 1 atom stereocenters. The molecule has 0 nitrogen and oxygen atoms in total. The molecule has 0 aliphatic rings. The molecule has 0 heterocycles. The van der Waals surface area contributed by atoms with Gasteiger partial charge in [-0.25, -0.2) is 0 Å². The van der Waals surface area contributed by atoms with E-state index in [4.69, 9.17) is 23.2 Å². The van der Waals surface area contributed by atoms with Gasteiger partial charge in [-0.05, 0) is 41.7 Å². The van der Waals surface area contributed by atoms with Crippen LogP contribution >= 0.6 is 39.1 Å². The van der Waals surface area contributed by atoms with Crippen LogP contribution in [0.15, 0.2) is 48.5 Å². The molecule has 18 heavy (non-hydrogen) atoms. The van der Waals surface area contributed by atoms with Crippen LogP contribution in [0.5, 0.6) is 0 Å². The summed E-state index contributed by atoms with van der Waals surface area (Å²) in [6.07, 6.45) is 0.951. The fourth-order valence-electron chi connectivity index (χ4n) is 1.96. The van der Waals surface area contributed by atoms with Gasteiger partial charge in [0, 0.05) is 15.4 Å². The largest absolute Gasteiger partial charge is 0.0921 e. The summed E-state index contributed by atoms with van der Waals surface area (Å²) in [6, 6.07) is 16.0. The van der Waals surface area contributed by atoms with Crippen molar-refractivity contribution in [1.82, 2.24) is 0 Å². The Labute approximate surface area is 126 Å². The Bertz CT molecular complexity index is 508. The number of hydrogen-bond donors (Lipinski definition) is 0. The minimum atomic E-state index is 0.375. The van der Waals surface area contributed by atoms with E-state index >= 15 is 0 Å². The third-order valence-corrected chi connectivity index (χ3v) is 4.30. The van der Waals surface area contributed by atoms with E-state index in [1.807, 2.05) is 30.3 Å². The fraction of sp³-hybridized carbons (Fsp3) is 0.200. The number of benzene rings is 2. The van der Waals surface area contributed by atoms with Crippen LogP contribution in [0.3, 0.4) is 0 Å². The quantitative estimate of drug-likeness (QED) is 0.623. The van der Waals surface area contributed by atoms with Gasteiger partial charge in [0.2, 0.25) is 0 Å². The molecule has 1 unspecified atom stereocenters. The molecule has 0 saturated heterocycles. The lowest BCUT2D eigenvalue weighted by atomic mass is 9.94. The van der Waals surface area contributed by atoms with E-state index in [1.165, 1.54) is 11.1 Å². The van der Waals surface area contributed by atoms with Crippen molar-refractivity contribution in [3.63, 3.8) is 0 Å². The van der Waals surface area contributed by atoms with Gasteiger partial charge in [0.1, 0.15) is 0 Å². The zero-order chi connectivity index (χ0) is 13.0. The Balaban J connectivity index is 2.20. The number of hydrogen-bond acceptors (Lipinski definition) is 0. The molecule has 0 spiro atoms. The van der Waals surface area contributed by atoms with Crippen molar-refractivity contribution in [2.45, 2.75) is 12.3 Å². The first-order valence-corrected chi connectivity index (χ1v) is 7.63. The Kier molecular flexibility index (Phi) is 5.11. The summed E-state index contributed by atoms with van der Waals surface area (Å²) < 4.78 is 0. The summed E-state index contributed by atoms with van der Waals surface area (Å²) in [7, 11) is 0. The summed E-state index contributed by atoms with van der Waals surface area (Å²) >= 11 is 15.7. The first-order valence-electron chi connectivity index (χ1n) is 5.75. The maximum Gasteiger partial charge on any atom is 0.0441 e. The van der Waals surface area contributed by atoms with Crippen LogP contribution in [0, 0.1) is 0 Å². The molecule has 0 N–H and O–H groups in total. The number of rotatable bonds is 4. The van der Waals surface area contributed by atoms with Crippen LogP contribution in [0.1, 0.15) is 17.0 Å². The summed E-state index contributed by atoms with van der Waals surface area (Å²) in [5.41, 5.74) is 2.45. The molecule has 2 rings (SSSR count). The molecule has 0 amide bonds. The van der Waals surface area contributed by atoms with Crippen molar-refractivity contribution >= 4 is 39.1 Å². The number of alkyl halides is 1. The Hall–Kier alpha value is -0.500. The molecule has 0 aromatic heterocycles. The van der Waals surface area contributed by atoms with E-state index < -0.39 is 0 Å². The van der Waals surface area contributed by atoms with Gasteiger partial charge in [0.05, 0.1) is 0 Å². The smallest absolute Gasteiger partial charge is 0.0441 e. The highest BCUT2D eigenvalue weighted by molar-refractivity contribution is 9.09. The van der Waals surface area contributed by atoms with Gasteiger partial charge in [0.25, 0.3) is 0 Å².